The van der Waals surface area contributed by atoms with Crippen molar-refractivity contribution in [2.45, 2.75) is 26.8 Å². The first-order valence-electron chi connectivity index (χ1n) is 9.64. The number of nitrogens with zero attached hydrogens (tertiary/aromatic N) is 1. The second-order valence-electron chi connectivity index (χ2n) is 7.22. The second kappa shape index (κ2) is 11.5. The molecule has 1 aromatic carbocycles. The monoisotopic (exact) mass is 435 g/mol. The maximum Gasteiger partial charge on any atom is 0.239 e. The maximum absolute atomic E-state index is 13.2. The molecule has 0 aliphatic carbocycles. The highest BCUT2D eigenvalue weighted by Gasteiger charge is 2.09. The van der Waals surface area contributed by atoms with Gasteiger partial charge in [0.1, 0.15) is 11.6 Å². The average Bonchev–Trinajstić information content (AvgIpc) is 2.68. The van der Waals surface area contributed by atoms with Crippen LogP contribution in [-0.2, 0) is 22.6 Å². The minimum Gasteiger partial charge on any atom is -0.384 e. The Morgan fingerprint density at radius 2 is 1.90 bits per heavy atom. The zero-order valence-electron chi connectivity index (χ0n) is 17.1. The lowest BCUT2D eigenvalue weighted by Gasteiger charge is -2.13. The molecule has 0 aliphatic rings. The summed E-state index contributed by atoms with van der Waals surface area (Å²) in [6.45, 7) is 4.74. The number of hydrogen-bond donors (Lipinski definition) is 4. The van der Waals surface area contributed by atoms with Crippen molar-refractivity contribution in [1.29, 1.82) is 0 Å². The van der Waals surface area contributed by atoms with E-state index in [0.717, 1.165) is 16.8 Å². The third-order valence-electron chi connectivity index (χ3n) is 4.49. The van der Waals surface area contributed by atoms with Crippen molar-refractivity contribution in [2.75, 3.05) is 25.4 Å². The van der Waals surface area contributed by atoms with Gasteiger partial charge in [0.15, 0.2) is 0 Å². The topological polar surface area (TPSA) is 109 Å². The van der Waals surface area contributed by atoms with Gasteiger partial charge in [0.2, 0.25) is 11.8 Å². The summed E-state index contributed by atoms with van der Waals surface area (Å²) in [4.78, 5) is 27.9. The lowest BCUT2D eigenvalue weighted by Crippen LogP contribution is -2.41. The van der Waals surface area contributed by atoms with Crippen LogP contribution in [0.25, 0.3) is 0 Å². The molecule has 162 valence electrons. The number of anilines is 1. The molecule has 9 heteroatoms. The number of nitrogen functional groups attached to an aromatic ring is 1. The third kappa shape index (κ3) is 7.96. The van der Waals surface area contributed by atoms with Gasteiger partial charge in [-0.05, 0) is 55.1 Å². The van der Waals surface area contributed by atoms with E-state index in [2.05, 4.69) is 20.9 Å². The molecule has 0 saturated carbocycles. The number of carbonyl (C=O) groups is 2. The van der Waals surface area contributed by atoms with Crippen LogP contribution in [-0.4, -0.2) is 36.4 Å². The Labute approximate surface area is 180 Å². The molecule has 0 aliphatic heterocycles. The molecule has 2 rings (SSSR count). The van der Waals surface area contributed by atoms with Gasteiger partial charge in [-0.25, -0.2) is 9.37 Å². The lowest BCUT2D eigenvalue weighted by molar-refractivity contribution is -0.125. The molecular formula is C21H27ClFN5O2. The Morgan fingerprint density at radius 3 is 2.60 bits per heavy atom. The SMILES string of the molecule is Cc1nc(N)ccc1CNC(=O)CNC(=O)CNCC(C)Cc1ccc(F)c(Cl)c1. The zero-order valence-corrected chi connectivity index (χ0v) is 17.9. The van der Waals surface area contributed by atoms with E-state index >= 15 is 0 Å². The number of halogens is 2. The molecule has 1 unspecified atom stereocenters. The summed E-state index contributed by atoms with van der Waals surface area (Å²) in [5.74, 6) is -0.349. The summed E-state index contributed by atoms with van der Waals surface area (Å²) >= 11 is 5.79. The van der Waals surface area contributed by atoms with Crippen LogP contribution < -0.4 is 21.7 Å². The van der Waals surface area contributed by atoms with E-state index in [1.807, 2.05) is 19.9 Å². The van der Waals surface area contributed by atoms with E-state index in [0.29, 0.717) is 25.3 Å². The van der Waals surface area contributed by atoms with E-state index in [9.17, 15) is 14.0 Å². The number of aryl methyl sites for hydroxylation is 1. The predicted octanol–water partition coefficient (Wildman–Crippen LogP) is 1.97. The van der Waals surface area contributed by atoms with E-state index in [-0.39, 0.29) is 35.8 Å². The molecule has 5 N–H and O–H groups in total. The normalized spacial score (nSPS) is 11.7. The van der Waals surface area contributed by atoms with Gasteiger partial charge in [0, 0.05) is 12.2 Å². The summed E-state index contributed by atoms with van der Waals surface area (Å²) < 4.78 is 13.2. The Kier molecular flexibility index (Phi) is 9.01. The van der Waals surface area contributed by atoms with Crippen molar-refractivity contribution in [3.05, 3.63) is 58.0 Å². The molecule has 2 aromatic rings. The van der Waals surface area contributed by atoms with Gasteiger partial charge >= 0.3 is 0 Å². The number of rotatable bonds is 10. The van der Waals surface area contributed by atoms with Gasteiger partial charge in [0.25, 0.3) is 0 Å². The van der Waals surface area contributed by atoms with Crippen LogP contribution in [0.5, 0.6) is 0 Å². The number of amides is 2. The molecule has 30 heavy (non-hydrogen) atoms. The Bertz CT molecular complexity index is 894. The molecule has 1 heterocycles. The van der Waals surface area contributed by atoms with E-state index in [1.54, 1.807) is 18.2 Å². The van der Waals surface area contributed by atoms with Gasteiger partial charge in [-0.15, -0.1) is 0 Å². The van der Waals surface area contributed by atoms with E-state index in [1.165, 1.54) is 6.07 Å². The number of benzene rings is 1. The fourth-order valence-electron chi connectivity index (χ4n) is 2.87. The highest BCUT2D eigenvalue weighted by Crippen LogP contribution is 2.18. The number of aromatic nitrogens is 1. The third-order valence-corrected chi connectivity index (χ3v) is 4.78. The van der Waals surface area contributed by atoms with Crippen LogP contribution >= 0.6 is 11.6 Å². The number of carbonyl (C=O) groups excluding carboxylic acids is 2. The highest BCUT2D eigenvalue weighted by molar-refractivity contribution is 6.30. The summed E-state index contributed by atoms with van der Waals surface area (Å²) in [6, 6.07) is 8.14. The van der Waals surface area contributed by atoms with Crippen molar-refractivity contribution in [1.82, 2.24) is 20.9 Å². The number of hydrogen-bond acceptors (Lipinski definition) is 5. The maximum atomic E-state index is 13.2. The average molecular weight is 436 g/mol. The van der Waals surface area contributed by atoms with Crippen molar-refractivity contribution in [2.24, 2.45) is 5.92 Å². The first-order chi connectivity index (χ1) is 14.2. The summed E-state index contributed by atoms with van der Waals surface area (Å²) in [7, 11) is 0. The summed E-state index contributed by atoms with van der Waals surface area (Å²) in [5.41, 5.74) is 8.15. The largest absolute Gasteiger partial charge is 0.384 e. The molecule has 2 amide bonds. The number of nitrogens with one attached hydrogen (secondary N) is 3. The quantitative estimate of drug-likeness (QED) is 0.456. The Hall–Kier alpha value is -2.71. The van der Waals surface area contributed by atoms with Gasteiger partial charge in [-0.2, -0.15) is 0 Å². The van der Waals surface area contributed by atoms with Crippen molar-refractivity contribution < 1.29 is 14.0 Å². The minimum absolute atomic E-state index is 0.1000. The van der Waals surface area contributed by atoms with Crippen molar-refractivity contribution >= 4 is 29.2 Å². The Morgan fingerprint density at radius 1 is 1.17 bits per heavy atom. The van der Waals surface area contributed by atoms with Crippen molar-refractivity contribution in [3.63, 3.8) is 0 Å². The molecule has 0 radical (unpaired) electrons. The van der Waals surface area contributed by atoms with Crippen LogP contribution in [0.2, 0.25) is 5.02 Å². The fraction of sp³-hybridized carbons (Fsp3) is 0.381. The molecule has 1 aromatic heterocycles. The standard InChI is InChI=1S/C21H27ClFN5O2/c1-13(7-15-3-5-18(23)17(22)8-15)9-25-11-20(29)27-12-21(30)26-10-16-4-6-19(24)28-14(16)2/h3-6,8,13,25H,7,9-12H2,1-2H3,(H2,24,28)(H,26,30)(H,27,29). The summed E-state index contributed by atoms with van der Waals surface area (Å²) in [6.07, 6.45) is 0.705. The van der Waals surface area contributed by atoms with Gasteiger partial charge in [-0.3, -0.25) is 9.59 Å². The molecule has 0 saturated heterocycles. The number of pyridine rings is 1. The minimum atomic E-state index is -0.438. The van der Waals surface area contributed by atoms with Gasteiger partial charge in [-0.1, -0.05) is 30.7 Å². The molecule has 7 nitrogen and oxygen atoms in total. The van der Waals surface area contributed by atoms with Crippen LogP contribution in [0, 0.1) is 18.7 Å². The smallest absolute Gasteiger partial charge is 0.239 e. The summed E-state index contributed by atoms with van der Waals surface area (Å²) in [5, 5.41) is 8.46. The van der Waals surface area contributed by atoms with E-state index < -0.39 is 5.82 Å². The van der Waals surface area contributed by atoms with E-state index in [4.69, 9.17) is 17.3 Å². The fourth-order valence-corrected chi connectivity index (χ4v) is 3.07. The first kappa shape index (κ1) is 23.6. The van der Waals surface area contributed by atoms with Crippen LogP contribution in [0.4, 0.5) is 10.2 Å². The zero-order chi connectivity index (χ0) is 22.1. The second-order valence-corrected chi connectivity index (χ2v) is 7.63. The molecule has 0 fully saturated rings. The first-order valence-corrected chi connectivity index (χ1v) is 10.0. The molecule has 0 spiro atoms. The highest BCUT2D eigenvalue weighted by atomic mass is 35.5. The van der Waals surface area contributed by atoms with Gasteiger partial charge in [0.05, 0.1) is 18.1 Å². The molecular weight excluding hydrogens is 409 g/mol. The van der Waals surface area contributed by atoms with Crippen molar-refractivity contribution in [3.8, 4) is 0 Å². The Balaban J connectivity index is 1.62. The van der Waals surface area contributed by atoms with Gasteiger partial charge < -0.3 is 21.7 Å². The van der Waals surface area contributed by atoms with Crippen LogP contribution in [0.1, 0.15) is 23.7 Å². The predicted molar refractivity (Wildman–Crippen MR) is 115 cm³/mol. The number of nitrogens with two attached hydrogens (primary N) is 1. The van der Waals surface area contributed by atoms with Crippen LogP contribution in [0.3, 0.4) is 0 Å². The molecule has 1 atom stereocenters. The van der Waals surface area contributed by atoms with Crippen LogP contribution in [0.15, 0.2) is 30.3 Å². The lowest BCUT2D eigenvalue weighted by atomic mass is 10.0. The molecule has 0 bridgehead atoms.